The zero-order chi connectivity index (χ0) is 36.9. The van der Waals surface area contributed by atoms with Crippen molar-refractivity contribution >= 4 is 40.6 Å². The number of allylic oxidation sites excluding steroid dienone is 8. The molecule has 272 valence electrons. The number of rotatable bonds is 15. The van der Waals surface area contributed by atoms with E-state index in [4.69, 9.17) is 11.6 Å². The molecule has 5 rings (SSSR count). The fourth-order valence-electron chi connectivity index (χ4n) is 8.06. The van der Waals surface area contributed by atoms with Crippen molar-refractivity contribution in [2.45, 2.75) is 123 Å². The third-order valence-electron chi connectivity index (χ3n) is 11.1. The molecule has 0 saturated carbocycles. The Labute approximate surface area is 309 Å². The predicted molar refractivity (Wildman–Crippen MR) is 210 cm³/mol. The van der Waals surface area contributed by atoms with Crippen LogP contribution < -0.4 is 4.90 Å². The maximum absolute atomic E-state index is 11.9. The molecule has 6 nitrogen and oxygen atoms in total. The van der Waals surface area contributed by atoms with Crippen LogP contribution in [0.4, 0.5) is 11.4 Å². The molecule has 0 atom stereocenters. The highest BCUT2D eigenvalue weighted by atomic mass is 35.5. The average Bonchev–Trinajstić information content (AvgIpc) is 3.44. The van der Waals surface area contributed by atoms with Gasteiger partial charge in [-0.05, 0) is 99.1 Å². The highest BCUT2D eigenvalue weighted by Crippen LogP contribution is 2.49. The molecule has 0 saturated heterocycles. The molecule has 2 aromatic rings. The van der Waals surface area contributed by atoms with Crippen LogP contribution in [-0.4, -0.2) is 45.5 Å². The number of hydrogen-bond donors (Lipinski definition) is 2. The van der Waals surface area contributed by atoms with Crippen LogP contribution >= 0.6 is 11.6 Å². The van der Waals surface area contributed by atoms with Crippen LogP contribution in [0, 0.1) is 0 Å². The Bertz CT molecular complexity index is 1820. The van der Waals surface area contributed by atoms with Gasteiger partial charge in [-0.25, -0.2) is 9.59 Å². The standard InChI is InChI=1S/C44H55ClN2O4/c1-7-9-11-13-26-46-36-22-18-32(41(48)49)28-34(36)43(3,4)38(46)24-20-30-16-15-17-31(40(30)45)21-25-39-44(5,6)35-29-33(42(50)51)19-23-37(35)47(39)27-14-12-10-8-2/h18-25,28-29H,7-17,26-27H2,1-6H3,(H-,48,49,50,51)/p+1. The van der Waals surface area contributed by atoms with E-state index in [1.165, 1.54) is 25.7 Å². The maximum Gasteiger partial charge on any atom is 0.335 e. The summed E-state index contributed by atoms with van der Waals surface area (Å²) in [7, 11) is 0. The summed E-state index contributed by atoms with van der Waals surface area (Å²) >= 11 is 7.22. The van der Waals surface area contributed by atoms with Crippen LogP contribution in [0.3, 0.4) is 0 Å². The Morgan fingerprint density at radius 2 is 1.45 bits per heavy atom. The summed E-state index contributed by atoms with van der Waals surface area (Å²) in [5.74, 6) is -1.81. The second-order valence-electron chi connectivity index (χ2n) is 15.4. The van der Waals surface area contributed by atoms with E-state index in [0.29, 0.717) is 11.1 Å². The van der Waals surface area contributed by atoms with E-state index in [1.54, 1.807) is 12.1 Å². The largest absolute Gasteiger partial charge is 0.478 e. The quantitative estimate of drug-likeness (QED) is 0.142. The number of anilines is 1. The first kappa shape index (κ1) is 38.3. The van der Waals surface area contributed by atoms with Gasteiger partial charge in [0.15, 0.2) is 5.71 Å². The minimum absolute atomic E-state index is 0.315. The third-order valence-corrected chi connectivity index (χ3v) is 11.6. The number of carboxylic acid groups (broad SMARTS) is 2. The summed E-state index contributed by atoms with van der Waals surface area (Å²) in [4.78, 5) is 26.2. The lowest BCUT2D eigenvalue weighted by Gasteiger charge is -2.27. The van der Waals surface area contributed by atoms with Crippen molar-refractivity contribution in [3.05, 3.63) is 105 Å². The molecule has 0 aromatic heterocycles. The Morgan fingerprint density at radius 3 is 2.12 bits per heavy atom. The number of nitrogens with zero attached hydrogens (tertiary/aromatic N) is 2. The molecule has 0 fully saturated rings. The molecule has 2 aliphatic heterocycles. The molecule has 2 heterocycles. The van der Waals surface area contributed by atoms with E-state index in [9.17, 15) is 19.8 Å². The van der Waals surface area contributed by atoms with E-state index in [1.807, 2.05) is 24.3 Å². The number of carbonyl (C=O) groups is 2. The van der Waals surface area contributed by atoms with Crippen molar-refractivity contribution in [3.63, 3.8) is 0 Å². The highest BCUT2D eigenvalue weighted by Gasteiger charge is 2.45. The van der Waals surface area contributed by atoms with Gasteiger partial charge in [-0.15, -0.1) is 0 Å². The summed E-state index contributed by atoms with van der Waals surface area (Å²) in [6.07, 6.45) is 20.8. The lowest BCUT2D eigenvalue weighted by Crippen LogP contribution is -2.28. The number of benzene rings is 2. The molecule has 2 N–H and O–H groups in total. The number of unbranched alkanes of at least 4 members (excludes halogenated alkanes) is 6. The molecule has 1 aliphatic carbocycles. The molecule has 0 spiro atoms. The van der Waals surface area contributed by atoms with Crippen LogP contribution in [-0.2, 0) is 10.8 Å². The van der Waals surface area contributed by atoms with Gasteiger partial charge in [-0.2, -0.15) is 4.58 Å². The fourth-order valence-corrected chi connectivity index (χ4v) is 8.37. The van der Waals surface area contributed by atoms with Gasteiger partial charge in [-0.1, -0.05) is 83.6 Å². The summed E-state index contributed by atoms with van der Waals surface area (Å²) in [5, 5.41) is 20.3. The lowest BCUT2D eigenvalue weighted by molar-refractivity contribution is -0.438. The minimum atomic E-state index is -0.907. The molecule has 3 aliphatic rings. The zero-order valence-electron chi connectivity index (χ0n) is 31.4. The van der Waals surface area contributed by atoms with Crippen LogP contribution in [0.1, 0.15) is 144 Å². The Kier molecular flexibility index (Phi) is 12.2. The molecule has 51 heavy (non-hydrogen) atoms. The molecule has 0 unspecified atom stereocenters. The second-order valence-corrected chi connectivity index (χ2v) is 15.8. The SMILES string of the molecule is CCCCCCN1C(=C/C=C2\CCCC(C=CC3=[N+](CCCCCC)c4ccc(C(=O)O)cc4C3(C)C)=C2Cl)C(C)(C)c2cc(C(=O)O)ccc21. The van der Waals surface area contributed by atoms with E-state index in [0.717, 1.165) is 108 Å². The van der Waals surface area contributed by atoms with Crippen molar-refractivity contribution in [1.82, 2.24) is 0 Å². The van der Waals surface area contributed by atoms with E-state index in [2.05, 4.69) is 75.3 Å². The number of hydrogen-bond acceptors (Lipinski definition) is 3. The van der Waals surface area contributed by atoms with Crippen LogP contribution in [0.25, 0.3) is 0 Å². The Hall–Kier alpha value is -3.90. The maximum atomic E-state index is 11.9. The van der Waals surface area contributed by atoms with Crippen LogP contribution in [0.5, 0.6) is 0 Å². The van der Waals surface area contributed by atoms with Crippen molar-refractivity contribution in [3.8, 4) is 0 Å². The second kappa shape index (κ2) is 16.2. The number of fused-ring (bicyclic) bond motifs is 2. The van der Waals surface area contributed by atoms with E-state index < -0.39 is 11.9 Å². The molecule has 7 heteroatoms. The minimum Gasteiger partial charge on any atom is -0.478 e. The molecule has 2 aromatic carbocycles. The van der Waals surface area contributed by atoms with Gasteiger partial charge in [0, 0.05) is 52.5 Å². The number of carboxylic acids is 2. The molecular weight excluding hydrogens is 656 g/mol. The van der Waals surface area contributed by atoms with Crippen molar-refractivity contribution in [2.75, 3.05) is 18.0 Å². The molecular formula is C44H56ClN2O4+. The van der Waals surface area contributed by atoms with Crippen LogP contribution in [0.15, 0.2) is 82.6 Å². The Balaban J connectivity index is 1.49. The predicted octanol–water partition coefficient (Wildman–Crippen LogP) is 11.5. The van der Waals surface area contributed by atoms with Crippen LogP contribution in [0.2, 0.25) is 0 Å². The van der Waals surface area contributed by atoms with Gasteiger partial charge in [-0.3, -0.25) is 0 Å². The molecule has 0 radical (unpaired) electrons. The first-order chi connectivity index (χ1) is 24.3. The van der Waals surface area contributed by atoms with Gasteiger partial charge >= 0.3 is 11.9 Å². The normalized spacial score (nSPS) is 19.5. The van der Waals surface area contributed by atoms with Gasteiger partial charge < -0.3 is 15.1 Å². The lowest BCUT2D eigenvalue weighted by atomic mass is 9.80. The summed E-state index contributed by atoms with van der Waals surface area (Å²) in [6, 6.07) is 11.1. The van der Waals surface area contributed by atoms with E-state index in [-0.39, 0.29) is 10.8 Å². The highest BCUT2D eigenvalue weighted by molar-refractivity contribution is 6.32. The monoisotopic (exact) mass is 711 g/mol. The summed E-state index contributed by atoms with van der Waals surface area (Å²) in [6.45, 7) is 15.0. The number of halogens is 1. The van der Waals surface area contributed by atoms with E-state index >= 15 is 0 Å². The summed E-state index contributed by atoms with van der Waals surface area (Å²) in [5.41, 5.74) is 8.72. The number of aromatic carboxylic acids is 2. The zero-order valence-corrected chi connectivity index (χ0v) is 32.2. The van der Waals surface area contributed by atoms with Gasteiger partial charge in [0.1, 0.15) is 6.54 Å². The van der Waals surface area contributed by atoms with Crippen molar-refractivity contribution in [1.29, 1.82) is 0 Å². The van der Waals surface area contributed by atoms with Crippen molar-refractivity contribution < 1.29 is 24.4 Å². The molecule has 0 amide bonds. The fraction of sp³-hybridized carbons (Fsp3) is 0.477. The van der Waals surface area contributed by atoms with Crippen molar-refractivity contribution in [2.24, 2.45) is 0 Å². The Morgan fingerprint density at radius 1 is 0.804 bits per heavy atom. The first-order valence-electron chi connectivity index (χ1n) is 19.0. The van der Waals surface area contributed by atoms with Gasteiger partial charge in [0.25, 0.3) is 0 Å². The smallest absolute Gasteiger partial charge is 0.335 e. The average molecular weight is 712 g/mol. The third kappa shape index (κ3) is 7.96. The van der Waals surface area contributed by atoms with Gasteiger partial charge in [0.05, 0.1) is 16.5 Å². The van der Waals surface area contributed by atoms with Gasteiger partial charge in [0.2, 0.25) is 5.69 Å². The molecule has 0 bridgehead atoms. The first-order valence-corrected chi connectivity index (χ1v) is 19.4. The topological polar surface area (TPSA) is 80.8 Å². The summed E-state index contributed by atoms with van der Waals surface area (Å²) < 4.78 is 2.39.